The molecule has 5 heteroatoms. The second-order valence-corrected chi connectivity index (χ2v) is 6.14. The lowest BCUT2D eigenvalue weighted by Gasteiger charge is -2.29. The maximum atomic E-state index is 6.18. The average Bonchev–Trinajstić information content (AvgIpc) is 2.90. The van der Waals surface area contributed by atoms with Gasteiger partial charge in [0.25, 0.3) is 0 Å². The zero-order valence-electron chi connectivity index (χ0n) is 9.57. The van der Waals surface area contributed by atoms with Gasteiger partial charge in [0.15, 0.2) is 0 Å². The number of benzene rings is 1. The van der Waals surface area contributed by atoms with Gasteiger partial charge in [-0.3, -0.25) is 4.98 Å². The van der Waals surface area contributed by atoms with E-state index in [9.17, 15) is 0 Å². The quantitative estimate of drug-likeness (QED) is 0.724. The van der Waals surface area contributed by atoms with Crippen molar-refractivity contribution in [3.05, 3.63) is 51.4 Å². The molecule has 0 N–H and O–H groups in total. The third-order valence-electron chi connectivity index (χ3n) is 2.96. The largest absolute Gasteiger partial charge is 0.253 e. The fourth-order valence-electron chi connectivity index (χ4n) is 1.85. The van der Waals surface area contributed by atoms with E-state index in [0.717, 1.165) is 17.0 Å². The second-order valence-electron chi connectivity index (χ2n) is 4.20. The fraction of sp³-hybridized carbons (Fsp3) is 0.308. The zero-order valence-corrected chi connectivity index (χ0v) is 12.7. The maximum Gasteiger partial charge on any atom is 0.0794 e. The summed E-state index contributed by atoms with van der Waals surface area (Å²) >= 11 is 19.9. The van der Waals surface area contributed by atoms with Gasteiger partial charge in [-0.2, -0.15) is 0 Å². The molecule has 0 aliphatic rings. The highest BCUT2D eigenvalue weighted by atomic mass is 35.5. The molecule has 96 valence electrons. The summed E-state index contributed by atoms with van der Waals surface area (Å²) in [4.78, 5) is 5.28. The predicted molar refractivity (Wildman–Crippen MR) is 80.4 cm³/mol. The monoisotopic (exact) mass is 319 g/mol. The van der Waals surface area contributed by atoms with Gasteiger partial charge in [-0.15, -0.1) is 34.5 Å². The highest BCUT2D eigenvalue weighted by Crippen LogP contribution is 2.33. The molecular formula is C13H12Cl3NS. The first-order valence-electron chi connectivity index (χ1n) is 5.45. The number of hydrogen-bond acceptors (Lipinski definition) is 2. The minimum atomic E-state index is -0.264. The number of nitrogens with zero attached hydrogens (tertiary/aromatic N) is 1. The van der Waals surface area contributed by atoms with Crippen LogP contribution in [-0.2, 0) is 11.8 Å². The SMILES string of the molecule is ClCC(CCl)(Cc1cncs1)c1ccc(Cl)cc1. The molecule has 1 aromatic heterocycles. The van der Waals surface area contributed by atoms with E-state index in [2.05, 4.69) is 4.98 Å². The minimum Gasteiger partial charge on any atom is -0.253 e. The Kier molecular flexibility index (Phi) is 4.91. The van der Waals surface area contributed by atoms with E-state index >= 15 is 0 Å². The van der Waals surface area contributed by atoms with Gasteiger partial charge in [-0.05, 0) is 24.1 Å². The molecule has 2 rings (SSSR count). The molecule has 0 amide bonds. The van der Waals surface area contributed by atoms with Crippen molar-refractivity contribution in [1.82, 2.24) is 4.98 Å². The summed E-state index contributed by atoms with van der Waals surface area (Å²) in [6.45, 7) is 0. The van der Waals surface area contributed by atoms with Crippen LogP contribution >= 0.6 is 46.1 Å². The van der Waals surface area contributed by atoms with E-state index in [0.29, 0.717) is 11.8 Å². The van der Waals surface area contributed by atoms with Crippen LogP contribution in [0.15, 0.2) is 36.0 Å². The van der Waals surface area contributed by atoms with Crippen LogP contribution in [0.1, 0.15) is 10.4 Å². The van der Waals surface area contributed by atoms with E-state index < -0.39 is 0 Å². The zero-order chi connectivity index (χ0) is 13.0. The third-order valence-corrected chi connectivity index (χ3v) is 5.02. The molecule has 1 aromatic carbocycles. The van der Waals surface area contributed by atoms with Crippen LogP contribution in [0, 0.1) is 0 Å². The van der Waals surface area contributed by atoms with Crippen LogP contribution < -0.4 is 0 Å². The van der Waals surface area contributed by atoms with Gasteiger partial charge in [0, 0.05) is 33.3 Å². The molecule has 2 aromatic rings. The van der Waals surface area contributed by atoms with Crippen molar-refractivity contribution in [3.63, 3.8) is 0 Å². The number of hydrogen-bond donors (Lipinski definition) is 0. The molecule has 0 fully saturated rings. The summed E-state index contributed by atoms with van der Waals surface area (Å²) in [5, 5.41) is 0.717. The van der Waals surface area contributed by atoms with Crippen LogP contribution in [0.2, 0.25) is 5.02 Å². The van der Waals surface area contributed by atoms with Crippen molar-refractivity contribution >= 4 is 46.1 Å². The Morgan fingerprint density at radius 2 is 1.78 bits per heavy atom. The van der Waals surface area contributed by atoms with Gasteiger partial charge in [0.2, 0.25) is 0 Å². The van der Waals surface area contributed by atoms with Gasteiger partial charge < -0.3 is 0 Å². The smallest absolute Gasteiger partial charge is 0.0794 e. The van der Waals surface area contributed by atoms with Crippen molar-refractivity contribution in [3.8, 4) is 0 Å². The van der Waals surface area contributed by atoms with Crippen molar-refractivity contribution in [2.24, 2.45) is 0 Å². The Balaban J connectivity index is 2.33. The summed E-state index contributed by atoms with van der Waals surface area (Å²) in [5.41, 5.74) is 2.68. The van der Waals surface area contributed by atoms with Gasteiger partial charge in [0.1, 0.15) is 0 Å². The van der Waals surface area contributed by atoms with Crippen molar-refractivity contribution < 1.29 is 0 Å². The van der Waals surface area contributed by atoms with Crippen molar-refractivity contribution in [1.29, 1.82) is 0 Å². The molecule has 0 radical (unpaired) electrons. The molecule has 0 atom stereocenters. The lowest BCUT2D eigenvalue weighted by Crippen LogP contribution is -2.33. The maximum absolute atomic E-state index is 6.18. The molecule has 0 aliphatic carbocycles. The highest BCUT2D eigenvalue weighted by Gasteiger charge is 2.31. The van der Waals surface area contributed by atoms with Crippen LogP contribution in [0.5, 0.6) is 0 Å². The Labute approximate surface area is 126 Å². The van der Waals surface area contributed by atoms with E-state index in [1.54, 1.807) is 11.3 Å². The number of thiazole rings is 1. The van der Waals surface area contributed by atoms with E-state index in [4.69, 9.17) is 34.8 Å². The van der Waals surface area contributed by atoms with Gasteiger partial charge in [-0.1, -0.05) is 23.7 Å². The highest BCUT2D eigenvalue weighted by molar-refractivity contribution is 7.09. The Morgan fingerprint density at radius 1 is 1.11 bits per heavy atom. The summed E-state index contributed by atoms with van der Waals surface area (Å²) in [6.07, 6.45) is 2.67. The minimum absolute atomic E-state index is 0.264. The first-order valence-corrected chi connectivity index (χ1v) is 7.78. The number of halogens is 3. The lowest BCUT2D eigenvalue weighted by atomic mass is 9.81. The van der Waals surface area contributed by atoms with Crippen LogP contribution in [0.4, 0.5) is 0 Å². The van der Waals surface area contributed by atoms with Crippen LogP contribution in [-0.4, -0.2) is 16.7 Å². The van der Waals surface area contributed by atoms with E-state index in [-0.39, 0.29) is 5.41 Å². The van der Waals surface area contributed by atoms with Crippen LogP contribution in [0.3, 0.4) is 0 Å². The lowest BCUT2D eigenvalue weighted by molar-refractivity contribution is 0.540. The molecule has 0 unspecified atom stereocenters. The Bertz CT molecular complexity index is 477. The average molecular weight is 321 g/mol. The predicted octanol–water partition coefficient (Wildman–Crippen LogP) is 4.75. The Morgan fingerprint density at radius 3 is 2.28 bits per heavy atom. The molecule has 1 heterocycles. The van der Waals surface area contributed by atoms with Crippen molar-refractivity contribution in [2.75, 3.05) is 11.8 Å². The van der Waals surface area contributed by atoms with Crippen LogP contribution in [0.25, 0.3) is 0 Å². The van der Waals surface area contributed by atoms with Gasteiger partial charge in [0.05, 0.1) is 5.51 Å². The Hall–Kier alpha value is -0.280. The van der Waals surface area contributed by atoms with Crippen molar-refractivity contribution in [2.45, 2.75) is 11.8 Å². The first kappa shape index (κ1) is 14.1. The molecule has 0 aliphatic heterocycles. The summed E-state index contributed by atoms with van der Waals surface area (Å²) in [7, 11) is 0. The number of aromatic nitrogens is 1. The number of alkyl halides is 2. The first-order chi connectivity index (χ1) is 8.70. The summed E-state index contributed by atoms with van der Waals surface area (Å²) in [5.74, 6) is 0.937. The second kappa shape index (κ2) is 6.25. The molecule has 0 spiro atoms. The third kappa shape index (κ3) is 3.00. The number of rotatable bonds is 5. The van der Waals surface area contributed by atoms with Gasteiger partial charge >= 0.3 is 0 Å². The van der Waals surface area contributed by atoms with Gasteiger partial charge in [-0.25, -0.2) is 0 Å². The topological polar surface area (TPSA) is 12.9 Å². The standard InChI is InChI=1S/C13H12Cl3NS/c14-7-13(8-15,5-12-6-17-9-18-12)10-1-3-11(16)4-2-10/h1-4,6,9H,5,7-8H2. The molecule has 0 saturated heterocycles. The summed E-state index contributed by atoms with van der Waals surface area (Å²) < 4.78 is 0. The normalized spacial score (nSPS) is 11.7. The van der Waals surface area contributed by atoms with E-state index in [1.165, 1.54) is 4.88 Å². The van der Waals surface area contributed by atoms with E-state index in [1.807, 2.05) is 36.0 Å². The molecule has 18 heavy (non-hydrogen) atoms. The summed E-state index contributed by atoms with van der Waals surface area (Å²) in [6, 6.07) is 7.73. The molecule has 0 saturated carbocycles. The molecule has 0 bridgehead atoms. The molecular weight excluding hydrogens is 309 g/mol. The molecule has 1 nitrogen and oxygen atoms in total. The fourth-order valence-corrected chi connectivity index (χ4v) is 3.50.